The highest BCUT2D eigenvalue weighted by molar-refractivity contribution is 7.18. The summed E-state index contributed by atoms with van der Waals surface area (Å²) in [6.07, 6.45) is 2.43. The van der Waals surface area contributed by atoms with Gasteiger partial charge in [-0.2, -0.15) is 0 Å². The smallest absolute Gasteiger partial charge is 0.0992 e. The first-order valence-electron chi connectivity index (χ1n) is 6.57. The molecule has 2 nitrogen and oxygen atoms in total. The lowest BCUT2D eigenvalue weighted by Crippen LogP contribution is -2.20. The molecule has 0 aliphatic heterocycles. The third-order valence-electron chi connectivity index (χ3n) is 3.88. The van der Waals surface area contributed by atoms with Crippen molar-refractivity contribution < 1.29 is 0 Å². The van der Waals surface area contributed by atoms with Gasteiger partial charge in [0.2, 0.25) is 0 Å². The molecule has 96 valence electrons. The average Bonchev–Trinajstić information content (AvgIpc) is 2.98. The van der Waals surface area contributed by atoms with E-state index < -0.39 is 0 Å². The molecule has 3 rings (SSSR count). The van der Waals surface area contributed by atoms with Gasteiger partial charge in [-0.05, 0) is 24.5 Å². The van der Waals surface area contributed by atoms with E-state index in [-0.39, 0.29) is 10.8 Å². The van der Waals surface area contributed by atoms with Crippen molar-refractivity contribution in [3.8, 4) is 0 Å². The summed E-state index contributed by atoms with van der Waals surface area (Å²) in [5.74, 6) is 0. The van der Waals surface area contributed by atoms with Gasteiger partial charge in [0.25, 0.3) is 0 Å². The van der Waals surface area contributed by atoms with Gasteiger partial charge in [-0.25, -0.2) is 4.98 Å². The van der Waals surface area contributed by atoms with Crippen LogP contribution in [0.2, 0.25) is 0 Å². The third kappa shape index (κ3) is 1.77. The summed E-state index contributed by atoms with van der Waals surface area (Å²) in [5.41, 5.74) is 8.87. The van der Waals surface area contributed by atoms with Gasteiger partial charge in [0, 0.05) is 17.4 Å². The van der Waals surface area contributed by atoms with Crippen LogP contribution in [-0.4, -0.2) is 11.5 Å². The number of rotatable bonds is 2. The number of aromatic nitrogens is 1. The van der Waals surface area contributed by atoms with Crippen LogP contribution in [0, 0.1) is 0 Å². The SMILES string of the molecule is CC(C)(C)c1nc2c(C3(CN)CC3)cccc2s1. The number of nitrogens with two attached hydrogens (primary N) is 1. The third-order valence-corrected chi connectivity index (χ3v) is 5.32. The van der Waals surface area contributed by atoms with Crippen LogP contribution in [-0.2, 0) is 10.8 Å². The van der Waals surface area contributed by atoms with E-state index in [0.29, 0.717) is 0 Å². The Morgan fingerprint density at radius 2 is 2.06 bits per heavy atom. The van der Waals surface area contributed by atoms with E-state index in [9.17, 15) is 0 Å². The monoisotopic (exact) mass is 260 g/mol. The topological polar surface area (TPSA) is 38.9 Å². The number of hydrogen-bond acceptors (Lipinski definition) is 3. The summed E-state index contributed by atoms with van der Waals surface area (Å²) in [5, 5.41) is 1.22. The lowest BCUT2D eigenvalue weighted by Gasteiger charge is -2.14. The van der Waals surface area contributed by atoms with E-state index >= 15 is 0 Å². The van der Waals surface area contributed by atoms with Crippen LogP contribution >= 0.6 is 11.3 Å². The molecule has 0 amide bonds. The predicted octanol–water partition coefficient (Wildman–Crippen LogP) is 3.58. The molecule has 0 atom stereocenters. The molecule has 1 aromatic carbocycles. The van der Waals surface area contributed by atoms with E-state index in [4.69, 9.17) is 10.7 Å². The molecular weight excluding hydrogens is 240 g/mol. The van der Waals surface area contributed by atoms with Crippen LogP contribution in [0.4, 0.5) is 0 Å². The van der Waals surface area contributed by atoms with Crippen molar-refractivity contribution in [3.63, 3.8) is 0 Å². The highest BCUT2D eigenvalue weighted by Crippen LogP contribution is 2.50. The lowest BCUT2D eigenvalue weighted by molar-refractivity contribution is 0.586. The van der Waals surface area contributed by atoms with Crippen molar-refractivity contribution in [1.82, 2.24) is 4.98 Å². The second-order valence-corrected chi connectivity index (χ2v) is 7.44. The van der Waals surface area contributed by atoms with E-state index in [1.54, 1.807) is 0 Å². The highest BCUT2D eigenvalue weighted by atomic mass is 32.1. The molecule has 1 aromatic heterocycles. The van der Waals surface area contributed by atoms with Crippen molar-refractivity contribution in [2.75, 3.05) is 6.54 Å². The number of fused-ring (bicyclic) bond motifs is 1. The largest absolute Gasteiger partial charge is 0.330 e. The summed E-state index contributed by atoms with van der Waals surface area (Å²) in [6.45, 7) is 7.41. The maximum absolute atomic E-state index is 5.96. The van der Waals surface area contributed by atoms with Crippen LogP contribution in [0.5, 0.6) is 0 Å². The zero-order valence-electron chi connectivity index (χ0n) is 11.3. The molecule has 0 unspecified atom stereocenters. The Bertz CT molecular complexity index is 588. The lowest BCUT2D eigenvalue weighted by atomic mass is 9.94. The van der Waals surface area contributed by atoms with Crippen LogP contribution in [0.1, 0.15) is 44.2 Å². The molecule has 1 aliphatic rings. The molecule has 1 fully saturated rings. The summed E-state index contributed by atoms with van der Waals surface area (Å²) in [4.78, 5) is 4.90. The minimum absolute atomic E-state index is 0.125. The fraction of sp³-hybridized carbons (Fsp3) is 0.533. The number of nitrogens with zero attached hydrogens (tertiary/aromatic N) is 1. The van der Waals surface area contributed by atoms with Gasteiger partial charge in [-0.1, -0.05) is 32.9 Å². The second-order valence-electron chi connectivity index (χ2n) is 6.41. The Balaban J connectivity index is 2.19. The molecule has 1 heterocycles. The number of hydrogen-bond donors (Lipinski definition) is 1. The minimum Gasteiger partial charge on any atom is -0.330 e. The first-order chi connectivity index (χ1) is 8.46. The second kappa shape index (κ2) is 3.78. The summed E-state index contributed by atoms with van der Waals surface area (Å²) in [6, 6.07) is 6.55. The van der Waals surface area contributed by atoms with E-state index in [2.05, 4.69) is 39.0 Å². The van der Waals surface area contributed by atoms with Crippen molar-refractivity contribution in [2.45, 2.75) is 44.4 Å². The van der Waals surface area contributed by atoms with Gasteiger partial charge >= 0.3 is 0 Å². The van der Waals surface area contributed by atoms with Crippen molar-refractivity contribution in [1.29, 1.82) is 0 Å². The van der Waals surface area contributed by atoms with Gasteiger partial charge < -0.3 is 5.73 Å². The predicted molar refractivity (Wildman–Crippen MR) is 78.3 cm³/mol. The number of benzene rings is 1. The fourth-order valence-electron chi connectivity index (χ4n) is 2.43. The Morgan fingerprint density at radius 1 is 1.33 bits per heavy atom. The molecular formula is C15H20N2S. The van der Waals surface area contributed by atoms with E-state index in [1.807, 2.05) is 11.3 Å². The van der Waals surface area contributed by atoms with Crippen LogP contribution in [0.25, 0.3) is 10.2 Å². The molecule has 18 heavy (non-hydrogen) atoms. The zero-order valence-corrected chi connectivity index (χ0v) is 12.1. The quantitative estimate of drug-likeness (QED) is 0.896. The first kappa shape index (κ1) is 12.1. The number of thiazole rings is 1. The summed E-state index contributed by atoms with van der Waals surface area (Å²) < 4.78 is 1.30. The molecule has 3 heteroatoms. The standard InChI is InChI=1S/C15H20N2S/c1-14(2,3)13-17-12-10(15(9-16)7-8-15)5-4-6-11(12)18-13/h4-6H,7-9,16H2,1-3H3. The Labute approximate surface area is 112 Å². The van der Waals surface area contributed by atoms with Crippen molar-refractivity contribution in [3.05, 3.63) is 28.8 Å². The summed E-state index contributed by atoms with van der Waals surface area (Å²) in [7, 11) is 0. The molecule has 0 bridgehead atoms. The molecule has 2 aromatic rings. The van der Waals surface area contributed by atoms with Crippen molar-refractivity contribution >= 4 is 21.6 Å². The van der Waals surface area contributed by atoms with Gasteiger partial charge in [-0.3, -0.25) is 0 Å². The Hall–Kier alpha value is -0.930. The molecule has 0 spiro atoms. The molecule has 0 saturated heterocycles. The zero-order chi connectivity index (χ0) is 13.0. The number of para-hydroxylation sites is 1. The first-order valence-corrected chi connectivity index (χ1v) is 7.38. The van der Waals surface area contributed by atoms with E-state index in [0.717, 1.165) is 6.54 Å². The normalized spacial score (nSPS) is 18.2. The van der Waals surface area contributed by atoms with Crippen LogP contribution in [0.3, 0.4) is 0 Å². The fourth-order valence-corrected chi connectivity index (χ4v) is 3.48. The summed E-state index contributed by atoms with van der Waals surface area (Å²) >= 11 is 1.82. The molecule has 1 aliphatic carbocycles. The average molecular weight is 260 g/mol. The minimum atomic E-state index is 0.125. The van der Waals surface area contributed by atoms with E-state index in [1.165, 1.54) is 33.6 Å². The van der Waals surface area contributed by atoms with Gasteiger partial charge in [-0.15, -0.1) is 11.3 Å². The maximum Gasteiger partial charge on any atom is 0.0992 e. The maximum atomic E-state index is 5.96. The van der Waals surface area contributed by atoms with Gasteiger partial charge in [0.15, 0.2) is 0 Å². The van der Waals surface area contributed by atoms with Crippen LogP contribution < -0.4 is 5.73 Å². The Morgan fingerprint density at radius 3 is 2.61 bits per heavy atom. The molecule has 1 saturated carbocycles. The highest BCUT2D eigenvalue weighted by Gasteiger charge is 2.44. The van der Waals surface area contributed by atoms with Crippen LogP contribution in [0.15, 0.2) is 18.2 Å². The Kier molecular flexibility index (Phi) is 2.55. The molecule has 2 N–H and O–H groups in total. The van der Waals surface area contributed by atoms with Gasteiger partial charge in [0.1, 0.15) is 0 Å². The van der Waals surface area contributed by atoms with Gasteiger partial charge in [0.05, 0.1) is 15.2 Å². The molecule has 0 radical (unpaired) electrons. The van der Waals surface area contributed by atoms with Crippen molar-refractivity contribution in [2.24, 2.45) is 5.73 Å².